The zero-order chi connectivity index (χ0) is 10.2. The molecule has 2 aliphatic rings. The Morgan fingerprint density at radius 1 is 1.29 bits per heavy atom. The lowest BCUT2D eigenvalue weighted by atomic mass is 9.79. The first kappa shape index (κ1) is 9.65. The minimum atomic E-state index is -0.484. The first-order valence-corrected chi connectivity index (χ1v) is 5.06. The molecule has 2 heterocycles. The molecule has 0 saturated carbocycles. The molecule has 1 unspecified atom stereocenters. The van der Waals surface area contributed by atoms with Crippen molar-refractivity contribution in [1.82, 2.24) is 4.90 Å². The third kappa shape index (κ3) is 1.54. The number of likely N-dealkylation sites (tertiary alicyclic amines) is 1. The van der Waals surface area contributed by atoms with E-state index in [-0.39, 0.29) is 11.9 Å². The first-order chi connectivity index (χ1) is 6.62. The average Bonchev–Trinajstić information content (AvgIpc) is 2.31. The predicted octanol–water partition coefficient (Wildman–Crippen LogP) is 0.562. The molecule has 4 nitrogen and oxygen atoms in total. The molecule has 14 heavy (non-hydrogen) atoms. The molecule has 0 aromatic carbocycles. The highest BCUT2D eigenvalue weighted by Gasteiger charge is 2.49. The van der Waals surface area contributed by atoms with Gasteiger partial charge in [0.1, 0.15) is 0 Å². The van der Waals surface area contributed by atoms with Gasteiger partial charge in [-0.25, -0.2) is 0 Å². The monoisotopic (exact) mass is 197 g/mol. The maximum absolute atomic E-state index is 11.6. The molecule has 0 aromatic heterocycles. The van der Waals surface area contributed by atoms with Crippen LogP contribution in [0.5, 0.6) is 0 Å². The SMILES string of the molecule is CN1CCCC2(CC1)CC(=O)OC2=O. The Morgan fingerprint density at radius 3 is 2.71 bits per heavy atom. The number of hydrogen-bond donors (Lipinski definition) is 0. The van der Waals surface area contributed by atoms with Gasteiger partial charge in [-0.1, -0.05) is 0 Å². The second-order valence-electron chi connectivity index (χ2n) is 4.38. The quantitative estimate of drug-likeness (QED) is 0.420. The molecule has 78 valence electrons. The molecule has 0 bridgehead atoms. The molecule has 2 fully saturated rings. The van der Waals surface area contributed by atoms with Crippen molar-refractivity contribution in [1.29, 1.82) is 0 Å². The molecule has 1 atom stereocenters. The molecule has 2 saturated heterocycles. The van der Waals surface area contributed by atoms with Crippen LogP contribution in [0.3, 0.4) is 0 Å². The van der Waals surface area contributed by atoms with Crippen LogP contribution in [0.4, 0.5) is 0 Å². The summed E-state index contributed by atoms with van der Waals surface area (Å²) in [6, 6.07) is 0. The molecule has 0 radical (unpaired) electrons. The molecule has 4 heteroatoms. The van der Waals surface area contributed by atoms with Crippen LogP contribution >= 0.6 is 0 Å². The summed E-state index contributed by atoms with van der Waals surface area (Å²) in [4.78, 5) is 24.8. The maximum atomic E-state index is 11.6. The van der Waals surface area contributed by atoms with Gasteiger partial charge in [0.05, 0.1) is 11.8 Å². The van der Waals surface area contributed by atoms with Gasteiger partial charge < -0.3 is 9.64 Å². The fraction of sp³-hybridized carbons (Fsp3) is 0.800. The number of carbonyl (C=O) groups excluding carboxylic acids is 2. The lowest BCUT2D eigenvalue weighted by molar-refractivity contribution is -0.155. The van der Waals surface area contributed by atoms with Crippen molar-refractivity contribution in [3.63, 3.8) is 0 Å². The van der Waals surface area contributed by atoms with Crippen LogP contribution in [0.25, 0.3) is 0 Å². The van der Waals surface area contributed by atoms with Crippen LogP contribution in [0, 0.1) is 5.41 Å². The summed E-state index contributed by atoms with van der Waals surface area (Å²) in [6.45, 7) is 1.88. The van der Waals surface area contributed by atoms with Crippen LogP contribution in [-0.2, 0) is 14.3 Å². The smallest absolute Gasteiger partial charge is 0.320 e. The lowest BCUT2D eigenvalue weighted by Crippen LogP contribution is -2.28. The van der Waals surface area contributed by atoms with Crippen LogP contribution in [0.1, 0.15) is 25.7 Å². The number of cyclic esters (lactones) is 2. The Kier molecular flexibility index (Phi) is 2.31. The highest BCUT2D eigenvalue weighted by atomic mass is 16.6. The molecule has 0 aromatic rings. The Labute approximate surface area is 83.2 Å². The van der Waals surface area contributed by atoms with E-state index in [9.17, 15) is 9.59 Å². The van der Waals surface area contributed by atoms with Crippen molar-refractivity contribution in [2.24, 2.45) is 5.41 Å². The Hall–Kier alpha value is -0.900. The predicted molar refractivity (Wildman–Crippen MR) is 49.5 cm³/mol. The zero-order valence-electron chi connectivity index (χ0n) is 8.41. The molecule has 0 aliphatic carbocycles. The number of nitrogens with zero attached hydrogens (tertiary/aromatic N) is 1. The second-order valence-corrected chi connectivity index (χ2v) is 4.38. The molecule has 0 N–H and O–H groups in total. The third-order valence-corrected chi connectivity index (χ3v) is 3.29. The van der Waals surface area contributed by atoms with Crippen molar-refractivity contribution in [3.8, 4) is 0 Å². The fourth-order valence-corrected chi connectivity index (χ4v) is 2.31. The molecule has 1 spiro atoms. The van der Waals surface area contributed by atoms with Crippen LogP contribution in [0.2, 0.25) is 0 Å². The van der Waals surface area contributed by atoms with Gasteiger partial charge in [-0.05, 0) is 39.4 Å². The van der Waals surface area contributed by atoms with Gasteiger partial charge >= 0.3 is 11.9 Å². The Bertz CT molecular complexity index is 277. The van der Waals surface area contributed by atoms with E-state index < -0.39 is 5.41 Å². The zero-order valence-corrected chi connectivity index (χ0v) is 8.41. The van der Waals surface area contributed by atoms with Gasteiger partial charge in [0, 0.05) is 0 Å². The normalized spacial score (nSPS) is 34.6. The van der Waals surface area contributed by atoms with E-state index in [1.54, 1.807) is 0 Å². The summed E-state index contributed by atoms with van der Waals surface area (Å²) in [7, 11) is 2.04. The van der Waals surface area contributed by atoms with Crippen LogP contribution in [-0.4, -0.2) is 37.0 Å². The summed E-state index contributed by atoms with van der Waals surface area (Å²) in [5.74, 6) is -0.641. The van der Waals surface area contributed by atoms with E-state index in [2.05, 4.69) is 9.64 Å². The van der Waals surface area contributed by atoms with Gasteiger partial charge in [-0.3, -0.25) is 9.59 Å². The molecule has 2 aliphatic heterocycles. The van der Waals surface area contributed by atoms with E-state index >= 15 is 0 Å². The number of hydrogen-bond acceptors (Lipinski definition) is 4. The van der Waals surface area contributed by atoms with E-state index in [1.807, 2.05) is 7.05 Å². The Balaban J connectivity index is 2.15. The summed E-state index contributed by atoms with van der Waals surface area (Å²) < 4.78 is 4.65. The second kappa shape index (κ2) is 3.35. The first-order valence-electron chi connectivity index (χ1n) is 5.06. The number of rotatable bonds is 0. The lowest BCUT2D eigenvalue weighted by Gasteiger charge is -2.20. The largest absolute Gasteiger partial charge is 0.393 e. The van der Waals surface area contributed by atoms with E-state index in [0.29, 0.717) is 6.42 Å². The highest BCUT2D eigenvalue weighted by molar-refractivity contribution is 5.97. The van der Waals surface area contributed by atoms with Gasteiger partial charge in [0.25, 0.3) is 0 Å². The number of ether oxygens (including phenoxy) is 1. The Morgan fingerprint density at radius 2 is 2.07 bits per heavy atom. The van der Waals surface area contributed by atoms with Gasteiger partial charge in [0.2, 0.25) is 0 Å². The molecule has 2 rings (SSSR count). The minimum absolute atomic E-state index is 0.291. The van der Waals surface area contributed by atoms with E-state index in [0.717, 1.165) is 32.4 Å². The minimum Gasteiger partial charge on any atom is -0.393 e. The van der Waals surface area contributed by atoms with Gasteiger partial charge in [-0.15, -0.1) is 0 Å². The van der Waals surface area contributed by atoms with E-state index in [1.165, 1.54) is 0 Å². The molecule has 0 amide bonds. The van der Waals surface area contributed by atoms with Crippen LogP contribution in [0.15, 0.2) is 0 Å². The van der Waals surface area contributed by atoms with Gasteiger partial charge in [-0.2, -0.15) is 0 Å². The van der Waals surface area contributed by atoms with Crippen molar-refractivity contribution < 1.29 is 14.3 Å². The summed E-state index contributed by atoms with van der Waals surface area (Å²) in [6.07, 6.45) is 2.81. The van der Waals surface area contributed by atoms with Crippen molar-refractivity contribution in [3.05, 3.63) is 0 Å². The third-order valence-electron chi connectivity index (χ3n) is 3.29. The number of esters is 2. The van der Waals surface area contributed by atoms with Crippen molar-refractivity contribution in [2.45, 2.75) is 25.7 Å². The molecular formula is C10H15NO3. The summed E-state index contributed by atoms with van der Waals surface area (Å²) >= 11 is 0. The standard InChI is InChI=1S/C10H15NO3/c1-11-5-2-3-10(4-6-11)7-8(12)14-9(10)13/h2-7H2,1H3. The number of carbonyl (C=O) groups is 2. The highest BCUT2D eigenvalue weighted by Crippen LogP contribution is 2.40. The fourth-order valence-electron chi connectivity index (χ4n) is 2.31. The summed E-state index contributed by atoms with van der Waals surface area (Å²) in [5, 5.41) is 0. The van der Waals surface area contributed by atoms with Crippen molar-refractivity contribution in [2.75, 3.05) is 20.1 Å². The van der Waals surface area contributed by atoms with Gasteiger partial charge in [0.15, 0.2) is 0 Å². The topological polar surface area (TPSA) is 46.6 Å². The maximum Gasteiger partial charge on any atom is 0.320 e. The van der Waals surface area contributed by atoms with Crippen molar-refractivity contribution >= 4 is 11.9 Å². The van der Waals surface area contributed by atoms with E-state index in [4.69, 9.17) is 0 Å². The summed E-state index contributed by atoms with van der Waals surface area (Å²) in [5.41, 5.74) is -0.484. The molecular weight excluding hydrogens is 182 g/mol. The average molecular weight is 197 g/mol. The van der Waals surface area contributed by atoms with Crippen LogP contribution < -0.4 is 0 Å².